The quantitative estimate of drug-likeness (QED) is 0.297. The Morgan fingerprint density at radius 1 is 0.667 bits per heavy atom. The summed E-state index contributed by atoms with van der Waals surface area (Å²) in [7, 11) is -2.83. The Kier molecular flexibility index (Phi) is 9.52. The summed E-state index contributed by atoms with van der Waals surface area (Å²) in [6, 6.07) is 0. The number of ketones is 3. The van der Waals surface area contributed by atoms with Gasteiger partial charge in [0, 0.05) is 27.8 Å². The number of Topliss-reactive ketones (excluding diaryl/α,β-unsaturated/α-hetero) is 3. The van der Waals surface area contributed by atoms with Crippen LogP contribution in [0.25, 0.3) is 0 Å². The van der Waals surface area contributed by atoms with Crippen molar-refractivity contribution in [3.63, 3.8) is 0 Å². The van der Waals surface area contributed by atoms with Crippen molar-refractivity contribution < 1.29 is 23.2 Å². The van der Waals surface area contributed by atoms with Gasteiger partial charge >= 0.3 is 8.56 Å². The maximum atomic E-state index is 13.6. The third-order valence-corrected chi connectivity index (χ3v) is 12.6. The lowest BCUT2D eigenvalue weighted by Crippen LogP contribution is -2.67. The van der Waals surface area contributed by atoms with Crippen molar-refractivity contribution in [2.24, 2.45) is 35.5 Å². The SMILES string of the molecule is CC(C)C(=O)C(C)C(=O)C(C)C(=O)[C@@H](C)[C@H]1O[Si](C(C)(C)C)(C(C)(C)C)O[C@@H](C(C)C)[C@@H]1C. The van der Waals surface area contributed by atoms with Crippen molar-refractivity contribution in [1.82, 2.24) is 0 Å². The van der Waals surface area contributed by atoms with E-state index in [1.807, 2.05) is 6.92 Å². The minimum Gasteiger partial charge on any atom is -0.390 e. The molecule has 0 saturated carbocycles. The first kappa shape index (κ1) is 30.2. The van der Waals surface area contributed by atoms with Gasteiger partial charge in [-0.05, 0) is 19.8 Å². The monoisotopic (exact) mass is 482 g/mol. The van der Waals surface area contributed by atoms with Gasteiger partial charge in [0.05, 0.1) is 24.0 Å². The van der Waals surface area contributed by atoms with E-state index < -0.39 is 26.3 Å². The molecule has 5 nitrogen and oxygen atoms in total. The lowest BCUT2D eigenvalue weighted by Gasteiger charge is -2.58. The van der Waals surface area contributed by atoms with E-state index in [9.17, 15) is 14.4 Å². The van der Waals surface area contributed by atoms with Gasteiger partial charge in [-0.1, -0.05) is 83.1 Å². The van der Waals surface area contributed by atoms with E-state index in [0.717, 1.165) is 0 Å². The van der Waals surface area contributed by atoms with Crippen molar-refractivity contribution in [2.45, 2.75) is 119 Å². The highest BCUT2D eigenvalue weighted by molar-refractivity contribution is 6.73. The topological polar surface area (TPSA) is 69.7 Å². The maximum absolute atomic E-state index is 13.6. The molecule has 0 aromatic rings. The lowest BCUT2D eigenvalue weighted by molar-refractivity contribution is -0.145. The first-order valence-corrected chi connectivity index (χ1v) is 14.5. The number of carbonyl (C=O) groups excluding carboxylic acids is 3. The van der Waals surface area contributed by atoms with Crippen LogP contribution in [0.3, 0.4) is 0 Å². The zero-order chi connectivity index (χ0) is 26.3. The first-order chi connectivity index (χ1) is 14.7. The molecule has 6 atom stereocenters. The standard InChI is InChI=1S/C27H50O5Si/c1-15(2)21(28)17(5)22(29)18(6)23(30)19(7)25-20(8)24(16(3)4)31-33(32-25,26(9,10)11)27(12,13)14/h15-20,24-25H,1-14H3/t17?,18?,19-,20+,24+,25-/m1/s1. The molecule has 1 aliphatic heterocycles. The van der Waals surface area contributed by atoms with Crippen LogP contribution in [0.5, 0.6) is 0 Å². The smallest absolute Gasteiger partial charge is 0.349 e. The number of rotatable bonds is 8. The fourth-order valence-electron chi connectivity index (χ4n) is 5.66. The molecule has 1 aliphatic rings. The number of hydrogen-bond acceptors (Lipinski definition) is 5. The van der Waals surface area contributed by atoms with Crippen LogP contribution >= 0.6 is 0 Å². The minimum absolute atomic E-state index is 0.00583. The van der Waals surface area contributed by atoms with Gasteiger partial charge in [0.2, 0.25) is 0 Å². The fraction of sp³-hybridized carbons (Fsp3) is 0.889. The number of carbonyl (C=O) groups is 3. The Bertz CT molecular complexity index is 714. The highest BCUT2D eigenvalue weighted by Gasteiger charge is 2.64. The summed E-state index contributed by atoms with van der Waals surface area (Å²) in [6.45, 7) is 28.2. The molecular formula is C27H50O5Si. The highest BCUT2D eigenvalue weighted by atomic mass is 28.4. The lowest BCUT2D eigenvalue weighted by atomic mass is 9.78. The van der Waals surface area contributed by atoms with E-state index in [2.05, 4.69) is 62.3 Å². The van der Waals surface area contributed by atoms with E-state index in [1.165, 1.54) is 0 Å². The summed E-state index contributed by atoms with van der Waals surface area (Å²) >= 11 is 0. The first-order valence-electron chi connectivity index (χ1n) is 12.7. The molecule has 0 radical (unpaired) electrons. The van der Waals surface area contributed by atoms with E-state index in [0.29, 0.717) is 0 Å². The normalized spacial score (nSPS) is 26.7. The van der Waals surface area contributed by atoms with Crippen LogP contribution in [0.2, 0.25) is 10.1 Å². The van der Waals surface area contributed by atoms with Gasteiger partial charge in [-0.3, -0.25) is 14.4 Å². The predicted molar refractivity (Wildman–Crippen MR) is 136 cm³/mol. The van der Waals surface area contributed by atoms with Crippen molar-refractivity contribution in [3.8, 4) is 0 Å². The molecule has 0 amide bonds. The zero-order valence-corrected chi connectivity index (χ0v) is 24.7. The van der Waals surface area contributed by atoms with Crippen LogP contribution in [0.15, 0.2) is 0 Å². The molecule has 0 bridgehead atoms. The second-order valence-electron chi connectivity index (χ2n) is 13.0. The number of hydrogen-bond donors (Lipinski definition) is 0. The minimum atomic E-state index is -2.83. The van der Waals surface area contributed by atoms with E-state index in [-0.39, 0.29) is 57.4 Å². The Hall–Kier alpha value is -0.853. The average molecular weight is 483 g/mol. The molecular weight excluding hydrogens is 432 g/mol. The molecule has 1 saturated heterocycles. The molecule has 1 heterocycles. The van der Waals surface area contributed by atoms with Crippen molar-refractivity contribution >= 4 is 25.9 Å². The molecule has 6 heteroatoms. The van der Waals surface area contributed by atoms with Gasteiger partial charge < -0.3 is 8.85 Å². The van der Waals surface area contributed by atoms with Crippen molar-refractivity contribution in [3.05, 3.63) is 0 Å². The maximum Gasteiger partial charge on any atom is 0.349 e. The Morgan fingerprint density at radius 2 is 1.06 bits per heavy atom. The molecule has 2 unspecified atom stereocenters. The van der Waals surface area contributed by atoms with E-state index in [4.69, 9.17) is 8.85 Å². The Morgan fingerprint density at radius 3 is 1.42 bits per heavy atom. The predicted octanol–water partition coefficient (Wildman–Crippen LogP) is 6.38. The molecule has 0 aliphatic carbocycles. The average Bonchev–Trinajstić information content (AvgIpc) is 2.68. The fourth-order valence-corrected chi connectivity index (χ4v) is 11.0. The van der Waals surface area contributed by atoms with E-state index >= 15 is 0 Å². The largest absolute Gasteiger partial charge is 0.390 e. The highest BCUT2D eigenvalue weighted by Crippen LogP contribution is 2.57. The second kappa shape index (κ2) is 10.4. The van der Waals surface area contributed by atoms with Crippen LogP contribution in [0.1, 0.15) is 96.9 Å². The summed E-state index contributed by atoms with van der Waals surface area (Å²) in [5.74, 6) is -2.59. The van der Waals surface area contributed by atoms with Crippen molar-refractivity contribution in [1.29, 1.82) is 0 Å². The summed E-state index contributed by atoms with van der Waals surface area (Å²) in [5.41, 5.74) is 0. The Balaban J connectivity index is 3.38. The van der Waals surface area contributed by atoms with Gasteiger partial charge in [-0.25, -0.2) is 0 Å². The molecule has 0 aromatic carbocycles. The van der Waals surface area contributed by atoms with Gasteiger partial charge in [0.1, 0.15) is 11.6 Å². The van der Waals surface area contributed by atoms with Crippen LogP contribution in [0.4, 0.5) is 0 Å². The Labute approximate surface area is 204 Å². The molecule has 33 heavy (non-hydrogen) atoms. The molecule has 0 aromatic heterocycles. The van der Waals surface area contributed by atoms with Crippen LogP contribution in [-0.4, -0.2) is 38.1 Å². The van der Waals surface area contributed by atoms with Crippen LogP contribution < -0.4 is 0 Å². The van der Waals surface area contributed by atoms with E-state index in [1.54, 1.807) is 27.7 Å². The second-order valence-corrected chi connectivity index (χ2v) is 17.7. The molecule has 0 N–H and O–H groups in total. The molecule has 1 fully saturated rings. The third kappa shape index (κ3) is 5.87. The van der Waals surface area contributed by atoms with Crippen LogP contribution in [0, 0.1) is 35.5 Å². The van der Waals surface area contributed by atoms with Crippen LogP contribution in [-0.2, 0) is 23.2 Å². The summed E-state index contributed by atoms with van der Waals surface area (Å²) in [6.07, 6.45) is -0.369. The molecule has 0 spiro atoms. The molecule has 192 valence electrons. The van der Waals surface area contributed by atoms with Gasteiger partial charge in [0.25, 0.3) is 0 Å². The van der Waals surface area contributed by atoms with Gasteiger partial charge in [-0.15, -0.1) is 0 Å². The zero-order valence-electron chi connectivity index (χ0n) is 23.7. The summed E-state index contributed by atoms with van der Waals surface area (Å²) in [5, 5.41) is -0.418. The third-order valence-electron chi connectivity index (χ3n) is 7.49. The molecule has 1 rings (SSSR count). The van der Waals surface area contributed by atoms with Crippen molar-refractivity contribution in [2.75, 3.05) is 0 Å². The van der Waals surface area contributed by atoms with Gasteiger partial charge in [0.15, 0.2) is 5.78 Å². The van der Waals surface area contributed by atoms with Gasteiger partial charge in [-0.2, -0.15) is 0 Å². The summed E-state index contributed by atoms with van der Waals surface area (Å²) in [4.78, 5) is 39.0. The summed E-state index contributed by atoms with van der Waals surface area (Å²) < 4.78 is 13.9.